The van der Waals surface area contributed by atoms with Crippen LogP contribution in [-0.4, -0.2) is 11.1 Å². The first kappa shape index (κ1) is 17.3. The quantitative estimate of drug-likeness (QED) is 0.531. The lowest BCUT2D eigenvalue weighted by Gasteiger charge is -2.02. The number of hydrogen-bond donors (Lipinski definition) is 1. The molecule has 21 heavy (non-hydrogen) atoms. The Labute approximate surface area is 128 Å². The summed E-state index contributed by atoms with van der Waals surface area (Å²) in [6.45, 7) is 2.23. The van der Waals surface area contributed by atoms with Crippen molar-refractivity contribution in [2.75, 3.05) is 0 Å². The smallest absolute Gasteiger partial charge is 0.303 e. The van der Waals surface area contributed by atoms with Gasteiger partial charge < -0.3 is 5.11 Å². The highest BCUT2D eigenvalue weighted by atomic mass is 16.4. The molecule has 0 radical (unpaired) electrons. The Morgan fingerprint density at radius 3 is 2.38 bits per heavy atom. The van der Waals surface area contributed by atoms with E-state index in [-0.39, 0.29) is 6.42 Å². The Hall–Kier alpha value is -1.75. The van der Waals surface area contributed by atoms with Crippen molar-refractivity contribution in [1.29, 1.82) is 0 Å². The molecular weight excluding hydrogens is 260 g/mol. The second-order valence-electron chi connectivity index (χ2n) is 5.40. The van der Waals surface area contributed by atoms with Crippen LogP contribution in [0.25, 0.3) is 0 Å². The third-order valence-electron chi connectivity index (χ3n) is 3.45. The molecular formula is C19H26O2. The number of carbonyl (C=O) groups is 1. The molecule has 0 saturated carbocycles. The molecule has 1 aromatic carbocycles. The number of benzene rings is 1. The van der Waals surface area contributed by atoms with Crippen LogP contribution in [0, 0.1) is 11.8 Å². The number of rotatable bonds is 9. The van der Waals surface area contributed by atoms with Crippen LogP contribution in [0.4, 0.5) is 0 Å². The molecule has 0 heterocycles. The highest BCUT2D eigenvalue weighted by molar-refractivity contribution is 5.66. The van der Waals surface area contributed by atoms with Gasteiger partial charge in [0.25, 0.3) is 0 Å². The number of hydrogen-bond acceptors (Lipinski definition) is 1. The average molecular weight is 286 g/mol. The Bertz CT molecular complexity index is 463. The molecule has 0 atom stereocenters. The Balaban J connectivity index is 2.24. The molecule has 2 heteroatoms. The molecule has 0 bridgehead atoms. The summed E-state index contributed by atoms with van der Waals surface area (Å²) >= 11 is 0. The fraction of sp³-hybridized carbons (Fsp3) is 0.526. The molecule has 1 rings (SSSR count). The van der Waals surface area contributed by atoms with Gasteiger partial charge in [0.15, 0.2) is 0 Å². The van der Waals surface area contributed by atoms with Crippen molar-refractivity contribution in [3.8, 4) is 11.8 Å². The Kier molecular flexibility index (Phi) is 9.04. The van der Waals surface area contributed by atoms with Crippen molar-refractivity contribution in [3.05, 3.63) is 35.4 Å². The molecule has 1 aromatic rings. The van der Waals surface area contributed by atoms with E-state index in [1.807, 2.05) is 0 Å². The molecule has 0 spiro atoms. The van der Waals surface area contributed by atoms with Crippen molar-refractivity contribution < 1.29 is 9.90 Å². The van der Waals surface area contributed by atoms with Crippen molar-refractivity contribution >= 4 is 5.97 Å². The average Bonchev–Trinajstić information content (AvgIpc) is 2.48. The lowest BCUT2D eigenvalue weighted by atomic mass is 10.0. The summed E-state index contributed by atoms with van der Waals surface area (Å²) in [7, 11) is 0. The topological polar surface area (TPSA) is 37.3 Å². The zero-order chi connectivity index (χ0) is 15.3. The van der Waals surface area contributed by atoms with Crippen LogP contribution in [0.1, 0.15) is 63.0 Å². The second kappa shape index (κ2) is 11.0. The minimum Gasteiger partial charge on any atom is -0.481 e. The first-order chi connectivity index (χ1) is 10.2. The third-order valence-corrected chi connectivity index (χ3v) is 3.45. The van der Waals surface area contributed by atoms with Crippen molar-refractivity contribution in [2.45, 2.75) is 64.7 Å². The standard InChI is InChI=1S/C19H26O2/c1-2-3-4-7-10-17-13-15-18(16-14-17)11-8-5-6-9-12-19(20)21/h13-16H,2-4,6-7,9-12H2,1H3,(H,20,21). The summed E-state index contributed by atoms with van der Waals surface area (Å²) in [6.07, 6.45) is 8.64. The van der Waals surface area contributed by atoms with E-state index in [4.69, 9.17) is 5.11 Å². The summed E-state index contributed by atoms with van der Waals surface area (Å²) in [5, 5.41) is 8.52. The minimum absolute atomic E-state index is 0.210. The van der Waals surface area contributed by atoms with E-state index in [1.54, 1.807) is 0 Å². The first-order valence-electron chi connectivity index (χ1n) is 7.97. The minimum atomic E-state index is -0.744. The van der Waals surface area contributed by atoms with Gasteiger partial charge in [-0.1, -0.05) is 56.4 Å². The van der Waals surface area contributed by atoms with Crippen LogP contribution in [0.2, 0.25) is 0 Å². The lowest BCUT2D eigenvalue weighted by Crippen LogP contribution is -1.92. The van der Waals surface area contributed by atoms with E-state index < -0.39 is 5.97 Å². The van der Waals surface area contributed by atoms with E-state index in [2.05, 4.69) is 43.0 Å². The predicted octanol–water partition coefficient (Wildman–Crippen LogP) is 4.61. The summed E-state index contributed by atoms with van der Waals surface area (Å²) in [6, 6.07) is 8.71. The van der Waals surface area contributed by atoms with Gasteiger partial charge in [0.05, 0.1) is 0 Å². The zero-order valence-corrected chi connectivity index (χ0v) is 13.0. The molecule has 0 fully saturated rings. The molecule has 0 unspecified atom stereocenters. The van der Waals surface area contributed by atoms with E-state index in [0.29, 0.717) is 12.8 Å². The molecule has 0 amide bonds. The first-order valence-corrected chi connectivity index (χ1v) is 7.97. The molecule has 0 aliphatic carbocycles. The fourth-order valence-corrected chi connectivity index (χ4v) is 2.16. The van der Waals surface area contributed by atoms with Gasteiger partial charge in [-0.3, -0.25) is 4.79 Å². The fourth-order valence-electron chi connectivity index (χ4n) is 2.16. The van der Waals surface area contributed by atoms with Gasteiger partial charge in [-0.15, -0.1) is 5.92 Å². The maximum Gasteiger partial charge on any atom is 0.303 e. The van der Waals surface area contributed by atoms with Crippen molar-refractivity contribution in [2.24, 2.45) is 0 Å². The van der Waals surface area contributed by atoms with Gasteiger partial charge in [-0.2, -0.15) is 0 Å². The monoisotopic (exact) mass is 286 g/mol. The molecule has 2 nitrogen and oxygen atoms in total. The van der Waals surface area contributed by atoms with Gasteiger partial charge in [0.2, 0.25) is 0 Å². The summed E-state index contributed by atoms with van der Waals surface area (Å²) in [4.78, 5) is 10.3. The Morgan fingerprint density at radius 2 is 1.71 bits per heavy atom. The van der Waals surface area contributed by atoms with Crippen LogP contribution < -0.4 is 0 Å². The molecule has 0 saturated heterocycles. The van der Waals surface area contributed by atoms with Gasteiger partial charge in [0, 0.05) is 19.3 Å². The van der Waals surface area contributed by atoms with Crippen LogP contribution in [0.3, 0.4) is 0 Å². The van der Waals surface area contributed by atoms with Crippen LogP contribution >= 0.6 is 0 Å². The highest BCUT2D eigenvalue weighted by Gasteiger charge is 1.95. The van der Waals surface area contributed by atoms with E-state index in [9.17, 15) is 4.79 Å². The maximum absolute atomic E-state index is 10.3. The summed E-state index contributed by atoms with van der Waals surface area (Å²) in [5.74, 6) is 5.41. The molecule has 1 N–H and O–H groups in total. The van der Waals surface area contributed by atoms with Crippen LogP contribution in [0.15, 0.2) is 24.3 Å². The zero-order valence-electron chi connectivity index (χ0n) is 13.0. The number of aryl methyl sites for hydroxylation is 1. The largest absolute Gasteiger partial charge is 0.481 e. The number of carboxylic acids is 1. The summed E-state index contributed by atoms with van der Waals surface area (Å²) in [5.41, 5.74) is 2.64. The highest BCUT2D eigenvalue weighted by Crippen LogP contribution is 2.10. The van der Waals surface area contributed by atoms with Gasteiger partial charge >= 0.3 is 5.97 Å². The van der Waals surface area contributed by atoms with Crippen molar-refractivity contribution in [1.82, 2.24) is 0 Å². The molecule has 0 aliphatic heterocycles. The molecule has 0 aromatic heterocycles. The second-order valence-corrected chi connectivity index (χ2v) is 5.40. The maximum atomic E-state index is 10.3. The predicted molar refractivity (Wildman–Crippen MR) is 87.3 cm³/mol. The third kappa shape index (κ3) is 8.92. The number of carboxylic acid groups (broad SMARTS) is 1. The number of aliphatic carboxylic acids is 1. The van der Waals surface area contributed by atoms with Gasteiger partial charge in [-0.05, 0) is 30.4 Å². The van der Waals surface area contributed by atoms with E-state index in [0.717, 1.165) is 6.42 Å². The van der Waals surface area contributed by atoms with Gasteiger partial charge in [-0.25, -0.2) is 0 Å². The van der Waals surface area contributed by atoms with Crippen LogP contribution in [0.5, 0.6) is 0 Å². The van der Waals surface area contributed by atoms with E-state index in [1.165, 1.54) is 43.2 Å². The molecule has 114 valence electrons. The lowest BCUT2D eigenvalue weighted by molar-refractivity contribution is -0.137. The summed E-state index contributed by atoms with van der Waals surface area (Å²) < 4.78 is 0. The SMILES string of the molecule is CCCCCCc1ccc(CC#CCCCC(=O)O)cc1. The van der Waals surface area contributed by atoms with Gasteiger partial charge in [0.1, 0.15) is 0 Å². The molecule has 0 aliphatic rings. The normalized spacial score (nSPS) is 9.95. The Morgan fingerprint density at radius 1 is 1.00 bits per heavy atom. The van der Waals surface area contributed by atoms with Crippen LogP contribution in [-0.2, 0) is 17.6 Å². The number of unbranched alkanes of at least 4 members (excludes halogenated alkanes) is 4. The van der Waals surface area contributed by atoms with Crippen molar-refractivity contribution in [3.63, 3.8) is 0 Å². The van der Waals surface area contributed by atoms with E-state index >= 15 is 0 Å².